The number of hydrogen-bond donors (Lipinski definition) is 0. The Hall–Kier alpha value is -1.57. The number of aromatic nitrogens is 1. The second-order valence-electron chi connectivity index (χ2n) is 4.48. The van der Waals surface area contributed by atoms with Crippen LogP contribution in [-0.2, 0) is 11.2 Å². The number of para-hydroxylation sites is 1. The van der Waals surface area contributed by atoms with Crippen molar-refractivity contribution < 1.29 is 4.79 Å². The van der Waals surface area contributed by atoms with Crippen molar-refractivity contribution in [2.75, 3.05) is 0 Å². The van der Waals surface area contributed by atoms with Crippen LogP contribution in [-0.4, -0.2) is 10.9 Å². The largest absolute Gasteiger partial charge is 0.342 e. The predicted molar refractivity (Wildman–Crippen MR) is 66.8 cm³/mol. The lowest BCUT2D eigenvalue weighted by molar-refractivity contribution is -0.107. The van der Waals surface area contributed by atoms with Crippen molar-refractivity contribution in [2.24, 2.45) is 0 Å². The van der Waals surface area contributed by atoms with Crippen LogP contribution >= 0.6 is 0 Å². The molecule has 0 radical (unpaired) electrons. The zero-order valence-electron chi connectivity index (χ0n) is 10.0. The highest BCUT2D eigenvalue weighted by molar-refractivity contribution is 5.86. The second kappa shape index (κ2) is 4.12. The van der Waals surface area contributed by atoms with Crippen LogP contribution in [0.3, 0.4) is 0 Å². The van der Waals surface area contributed by atoms with Gasteiger partial charge in [-0.25, -0.2) is 0 Å². The molecule has 84 valence electrons. The molecule has 2 heteroatoms. The zero-order valence-corrected chi connectivity index (χ0v) is 10.0. The van der Waals surface area contributed by atoms with Gasteiger partial charge in [0.15, 0.2) is 0 Å². The van der Waals surface area contributed by atoms with E-state index in [1.807, 2.05) is 12.1 Å². The molecule has 0 bridgehead atoms. The summed E-state index contributed by atoms with van der Waals surface area (Å²) in [7, 11) is 0. The highest BCUT2D eigenvalue weighted by Crippen LogP contribution is 2.26. The summed E-state index contributed by atoms with van der Waals surface area (Å²) in [4.78, 5) is 10.7. The van der Waals surface area contributed by atoms with Gasteiger partial charge in [-0.15, -0.1) is 0 Å². The molecule has 0 amide bonds. The topological polar surface area (TPSA) is 22.0 Å². The molecule has 0 aliphatic rings. The Balaban J connectivity index is 2.77. The number of rotatable bonds is 3. The van der Waals surface area contributed by atoms with Gasteiger partial charge in [0, 0.05) is 23.5 Å². The third kappa shape index (κ3) is 1.64. The number of nitrogens with zero attached hydrogens (tertiary/aromatic N) is 1. The van der Waals surface area contributed by atoms with Crippen LogP contribution in [0.2, 0.25) is 0 Å². The Labute approximate surface area is 95.9 Å². The monoisotopic (exact) mass is 215 g/mol. The first-order valence-electron chi connectivity index (χ1n) is 5.68. The Morgan fingerprint density at radius 2 is 2.12 bits per heavy atom. The molecule has 1 aromatic heterocycles. The van der Waals surface area contributed by atoms with Crippen LogP contribution in [0.4, 0.5) is 0 Å². The van der Waals surface area contributed by atoms with Crippen molar-refractivity contribution in [2.45, 2.75) is 33.2 Å². The minimum Gasteiger partial charge on any atom is -0.342 e. The fraction of sp³-hybridized carbons (Fsp3) is 0.357. The van der Waals surface area contributed by atoms with Crippen molar-refractivity contribution in [3.63, 3.8) is 0 Å². The first-order chi connectivity index (χ1) is 7.65. The Morgan fingerprint density at radius 1 is 1.38 bits per heavy atom. The molecule has 16 heavy (non-hydrogen) atoms. The molecular weight excluding hydrogens is 198 g/mol. The summed E-state index contributed by atoms with van der Waals surface area (Å²) in [6, 6.07) is 8.77. The summed E-state index contributed by atoms with van der Waals surface area (Å²) in [5.41, 5.74) is 3.58. The fourth-order valence-corrected chi connectivity index (χ4v) is 2.41. The Morgan fingerprint density at radius 3 is 2.75 bits per heavy atom. The van der Waals surface area contributed by atoms with Gasteiger partial charge in [-0.3, -0.25) is 0 Å². The van der Waals surface area contributed by atoms with Gasteiger partial charge in [0.25, 0.3) is 0 Å². The summed E-state index contributed by atoms with van der Waals surface area (Å²) in [5.74, 6) is 0. The predicted octanol–water partition coefficient (Wildman–Crippen LogP) is 3.27. The highest BCUT2D eigenvalue weighted by Gasteiger charge is 2.11. The number of aryl methyl sites for hydroxylation is 1. The summed E-state index contributed by atoms with van der Waals surface area (Å²) >= 11 is 0. The smallest absolute Gasteiger partial charge is 0.124 e. The first-order valence-corrected chi connectivity index (χ1v) is 5.68. The standard InChI is InChI=1S/C14H17NO/c1-10(2)15-11(3)9-13-6-4-5-12(7-8-16)14(13)15/h4-6,8-10H,7H2,1-3H3. The fourth-order valence-electron chi connectivity index (χ4n) is 2.41. The minimum atomic E-state index is 0.422. The van der Waals surface area contributed by atoms with Gasteiger partial charge in [0.1, 0.15) is 6.29 Å². The van der Waals surface area contributed by atoms with Crippen LogP contribution < -0.4 is 0 Å². The van der Waals surface area contributed by atoms with E-state index in [9.17, 15) is 4.79 Å². The van der Waals surface area contributed by atoms with Gasteiger partial charge in [-0.1, -0.05) is 18.2 Å². The van der Waals surface area contributed by atoms with E-state index >= 15 is 0 Å². The molecule has 0 N–H and O–H groups in total. The normalized spacial score (nSPS) is 11.2. The summed E-state index contributed by atoms with van der Waals surface area (Å²) in [6.45, 7) is 6.46. The number of aldehydes is 1. The summed E-state index contributed by atoms with van der Waals surface area (Å²) < 4.78 is 2.30. The van der Waals surface area contributed by atoms with E-state index in [-0.39, 0.29) is 0 Å². The van der Waals surface area contributed by atoms with E-state index in [1.165, 1.54) is 16.6 Å². The molecule has 0 saturated heterocycles. The number of fused-ring (bicyclic) bond motifs is 1. The number of hydrogen-bond acceptors (Lipinski definition) is 1. The van der Waals surface area contributed by atoms with Crippen molar-refractivity contribution in [3.8, 4) is 0 Å². The molecule has 0 saturated carbocycles. The molecule has 1 aromatic carbocycles. The maximum atomic E-state index is 10.7. The van der Waals surface area contributed by atoms with Crippen LogP contribution in [0.15, 0.2) is 24.3 Å². The van der Waals surface area contributed by atoms with Crippen molar-refractivity contribution in [3.05, 3.63) is 35.5 Å². The quantitative estimate of drug-likeness (QED) is 0.720. The molecular formula is C14H17NO. The number of carbonyl (C=O) groups is 1. The number of benzene rings is 1. The maximum Gasteiger partial charge on any atom is 0.124 e. The van der Waals surface area contributed by atoms with Gasteiger partial charge in [0.05, 0.1) is 5.52 Å². The lowest BCUT2D eigenvalue weighted by Crippen LogP contribution is -2.04. The lowest BCUT2D eigenvalue weighted by Gasteiger charge is -2.14. The zero-order chi connectivity index (χ0) is 11.7. The van der Waals surface area contributed by atoms with Crippen molar-refractivity contribution in [1.29, 1.82) is 0 Å². The molecule has 0 spiro atoms. The van der Waals surface area contributed by atoms with Crippen molar-refractivity contribution >= 4 is 17.2 Å². The molecule has 2 aromatic rings. The van der Waals surface area contributed by atoms with Gasteiger partial charge in [-0.05, 0) is 32.4 Å². The highest BCUT2D eigenvalue weighted by atomic mass is 16.1. The molecule has 0 unspecified atom stereocenters. The van der Waals surface area contributed by atoms with E-state index in [2.05, 4.69) is 37.5 Å². The van der Waals surface area contributed by atoms with Crippen LogP contribution in [0.5, 0.6) is 0 Å². The molecule has 0 aliphatic heterocycles. The first kappa shape index (κ1) is 10.9. The molecule has 2 nitrogen and oxygen atoms in total. The van der Waals surface area contributed by atoms with Crippen LogP contribution in [0.1, 0.15) is 31.1 Å². The maximum absolute atomic E-state index is 10.7. The third-order valence-corrected chi connectivity index (χ3v) is 2.96. The average Bonchev–Trinajstić information content (AvgIpc) is 2.55. The SMILES string of the molecule is Cc1cc2cccc(CC=O)c2n1C(C)C. The van der Waals surface area contributed by atoms with Crippen LogP contribution in [0, 0.1) is 6.92 Å². The molecule has 0 fully saturated rings. The van der Waals surface area contributed by atoms with E-state index in [0.717, 1.165) is 11.8 Å². The number of carbonyl (C=O) groups excluding carboxylic acids is 1. The van der Waals surface area contributed by atoms with Gasteiger partial charge >= 0.3 is 0 Å². The van der Waals surface area contributed by atoms with E-state index in [0.29, 0.717) is 12.5 Å². The van der Waals surface area contributed by atoms with Gasteiger partial charge < -0.3 is 9.36 Å². The minimum absolute atomic E-state index is 0.422. The lowest BCUT2D eigenvalue weighted by atomic mass is 10.1. The average molecular weight is 215 g/mol. The van der Waals surface area contributed by atoms with Crippen molar-refractivity contribution in [1.82, 2.24) is 4.57 Å². The molecule has 1 heterocycles. The Kier molecular flexibility index (Phi) is 2.82. The summed E-state index contributed by atoms with van der Waals surface area (Å²) in [6.07, 6.45) is 1.47. The van der Waals surface area contributed by atoms with E-state index in [1.54, 1.807) is 0 Å². The third-order valence-electron chi connectivity index (χ3n) is 2.96. The second-order valence-corrected chi connectivity index (χ2v) is 4.48. The van der Waals surface area contributed by atoms with E-state index < -0.39 is 0 Å². The molecule has 0 atom stereocenters. The van der Waals surface area contributed by atoms with Gasteiger partial charge in [-0.2, -0.15) is 0 Å². The Bertz CT molecular complexity index is 523. The summed E-state index contributed by atoms with van der Waals surface area (Å²) in [5, 5.41) is 1.23. The van der Waals surface area contributed by atoms with Gasteiger partial charge in [0.2, 0.25) is 0 Å². The molecule has 0 aliphatic carbocycles. The van der Waals surface area contributed by atoms with E-state index in [4.69, 9.17) is 0 Å². The molecule has 2 rings (SSSR count). The van der Waals surface area contributed by atoms with Crippen LogP contribution in [0.25, 0.3) is 10.9 Å².